The van der Waals surface area contributed by atoms with Gasteiger partial charge in [-0.05, 0) is 0 Å². The van der Waals surface area contributed by atoms with Crippen molar-refractivity contribution in [3.8, 4) is 0 Å². The van der Waals surface area contributed by atoms with E-state index >= 15 is 0 Å². The van der Waals surface area contributed by atoms with Gasteiger partial charge in [0.25, 0.3) is 0 Å². The molecule has 1 aliphatic rings. The Morgan fingerprint density at radius 2 is 2.14 bits per heavy atom. The molecule has 1 heterocycles. The summed E-state index contributed by atoms with van der Waals surface area (Å²) in [6, 6.07) is 0. The summed E-state index contributed by atoms with van der Waals surface area (Å²) in [7, 11) is 0. The average molecular weight is 102 g/mol. The van der Waals surface area contributed by atoms with Crippen LogP contribution in [0.4, 0.5) is 0 Å². The predicted octanol–water partition coefficient (Wildman–Crippen LogP) is -0.790. The van der Waals surface area contributed by atoms with Gasteiger partial charge in [0.05, 0.1) is 0 Å². The van der Waals surface area contributed by atoms with Gasteiger partial charge in [0, 0.05) is 0 Å². The Bertz CT molecular complexity index is 97.1. The third kappa shape index (κ3) is 0.653. The first-order valence-electron chi connectivity index (χ1n) is 1.92. The third-order valence-corrected chi connectivity index (χ3v) is 0.828. The summed E-state index contributed by atoms with van der Waals surface area (Å²) < 4.78 is 4.25. The molecule has 0 bridgehead atoms. The molecule has 0 spiro atoms. The third-order valence-electron chi connectivity index (χ3n) is 0.828. The Labute approximate surface area is 40.8 Å². The molecule has 0 amide bonds. The van der Waals surface area contributed by atoms with E-state index in [-0.39, 0.29) is 0 Å². The van der Waals surface area contributed by atoms with Crippen LogP contribution in [-0.2, 0) is 4.74 Å². The van der Waals surface area contributed by atoms with Crippen molar-refractivity contribution in [2.75, 3.05) is 0 Å². The molecular weight excluding hydrogens is 96.0 g/mol. The highest BCUT2D eigenvalue weighted by Crippen LogP contribution is 2.30. The van der Waals surface area contributed by atoms with E-state index in [0.29, 0.717) is 0 Å². The van der Waals surface area contributed by atoms with E-state index in [1.165, 1.54) is 6.08 Å². The zero-order chi connectivity index (χ0) is 5.49. The summed E-state index contributed by atoms with van der Waals surface area (Å²) in [6.45, 7) is 3.27. The van der Waals surface area contributed by atoms with Gasteiger partial charge in [0.2, 0.25) is 0 Å². The lowest BCUT2D eigenvalue weighted by Crippen LogP contribution is -2.09. The number of hydrogen-bond acceptors (Lipinski definition) is 3. The van der Waals surface area contributed by atoms with Crippen LogP contribution in [0.15, 0.2) is 12.7 Å². The molecule has 0 aliphatic carbocycles. The first-order chi connectivity index (χ1) is 3.17. The maximum atomic E-state index is 8.35. The van der Waals surface area contributed by atoms with Crippen molar-refractivity contribution in [1.29, 1.82) is 0 Å². The number of epoxide rings is 1. The van der Waals surface area contributed by atoms with E-state index in [1.807, 2.05) is 0 Å². The van der Waals surface area contributed by atoms with Crippen molar-refractivity contribution in [2.45, 2.75) is 12.1 Å². The van der Waals surface area contributed by atoms with Gasteiger partial charge in [0.1, 0.15) is 0 Å². The van der Waals surface area contributed by atoms with Crippen LogP contribution in [-0.4, -0.2) is 22.3 Å². The van der Waals surface area contributed by atoms with E-state index in [1.54, 1.807) is 0 Å². The Balaban J connectivity index is 2.44. The molecule has 3 heteroatoms. The number of ether oxygens (including phenoxy) is 1. The fourth-order valence-corrected chi connectivity index (χ4v) is 0.354. The minimum absolute atomic E-state index is 0.576. The highest BCUT2D eigenvalue weighted by Gasteiger charge is 2.52. The summed E-state index contributed by atoms with van der Waals surface area (Å²) in [5, 5.41) is 16.7. The SMILES string of the molecule is C=CC1OC1(O)O. The fraction of sp³-hybridized carbons (Fsp3) is 0.500. The average Bonchev–Trinajstić information content (AvgIpc) is 2.13. The summed E-state index contributed by atoms with van der Waals surface area (Å²) in [5.41, 5.74) is 0. The molecule has 3 nitrogen and oxygen atoms in total. The van der Waals surface area contributed by atoms with Gasteiger partial charge in [-0.25, -0.2) is 0 Å². The van der Waals surface area contributed by atoms with Crippen LogP contribution in [0.25, 0.3) is 0 Å². The lowest BCUT2D eigenvalue weighted by atomic mass is 10.4. The summed E-state index contributed by atoms with van der Waals surface area (Å²) in [4.78, 5) is 0. The Hall–Kier alpha value is -0.380. The van der Waals surface area contributed by atoms with Crippen LogP contribution in [0, 0.1) is 0 Å². The molecular formula is C4H6O3. The first kappa shape index (κ1) is 4.77. The van der Waals surface area contributed by atoms with Crippen LogP contribution in [0.1, 0.15) is 0 Å². The van der Waals surface area contributed by atoms with Crippen molar-refractivity contribution in [3.05, 3.63) is 12.7 Å². The Morgan fingerprint density at radius 3 is 2.14 bits per heavy atom. The van der Waals surface area contributed by atoms with Crippen molar-refractivity contribution in [1.82, 2.24) is 0 Å². The number of rotatable bonds is 1. The van der Waals surface area contributed by atoms with E-state index in [9.17, 15) is 0 Å². The van der Waals surface area contributed by atoms with E-state index in [0.717, 1.165) is 0 Å². The minimum atomic E-state index is -1.90. The van der Waals surface area contributed by atoms with Crippen molar-refractivity contribution < 1.29 is 14.9 Å². The number of hydrogen-bond donors (Lipinski definition) is 2. The summed E-state index contributed by atoms with van der Waals surface area (Å²) >= 11 is 0. The topological polar surface area (TPSA) is 53.0 Å². The van der Waals surface area contributed by atoms with Crippen LogP contribution in [0.3, 0.4) is 0 Å². The zero-order valence-corrected chi connectivity index (χ0v) is 3.66. The van der Waals surface area contributed by atoms with Gasteiger partial charge in [-0.1, -0.05) is 6.08 Å². The van der Waals surface area contributed by atoms with Gasteiger partial charge < -0.3 is 14.9 Å². The smallest absolute Gasteiger partial charge is 0.310 e. The monoisotopic (exact) mass is 102 g/mol. The second-order valence-corrected chi connectivity index (χ2v) is 1.43. The van der Waals surface area contributed by atoms with E-state index in [4.69, 9.17) is 10.2 Å². The van der Waals surface area contributed by atoms with Crippen molar-refractivity contribution >= 4 is 0 Å². The van der Waals surface area contributed by atoms with Crippen LogP contribution in [0.2, 0.25) is 0 Å². The summed E-state index contributed by atoms with van der Waals surface area (Å²) in [6.07, 6.45) is 0.757. The molecule has 0 aromatic carbocycles. The lowest BCUT2D eigenvalue weighted by Gasteiger charge is -1.84. The van der Waals surface area contributed by atoms with Crippen molar-refractivity contribution in [3.63, 3.8) is 0 Å². The minimum Gasteiger partial charge on any atom is -0.341 e. The normalized spacial score (nSPS) is 34.9. The lowest BCUT2D eigenvalue weighted by molar-refractivity contribution is -0.149. The van der Waals surface area contributed by atoms with Crippen LogP contribution in [0.5, 0.6) is 0 Å². The van der Waals surface area contributed by atoms with Gasteiger partial charge in [-0.2, -0.15) is 0 Å². The maximum Gasteiger partial charge on any atom is 0.310 e. The first-order valence-corrected chi connectivity index (χ1v) is 1.92. The van der Waals surface area contributed by atoms with Crippen molar-refractivity contribution in [2.24, 2.45) is 0 Å². The molecule has 1 rings (SSSR count). The zero-order valence-electron chi connectivity index (χ0n) is 3.66. The van der Waals surface area contributed by atoms with E-state index < -0.39 is 12.1 Å². The molecule has 2 N–H and O–H groups in total. The quantitative estimate of drug-likeness (QED) is 0.259. The molecule has 0 aromatic heterocycles. The molecule has 1 saturated heterocycles. The summed E-state index contributed by atoms with van der Waals surface area (Å²) in [5.74, 6) is -1.90. The highest BCUT2D eigenvalue weighted by atomic mass is 16.9. The molecule has 0 saturated carbocycles. The Kier molecular flexibility index (Phi) is 0.725. The molecule has 40 valence electrons. The second-order valence-electron chi connectivity index (χ2n) is 1.43. The molecule has 1 fully saturated rings. The molecule has 1 atom stereocenters. The molecule has 1 unspecified atom stereocenters. The molecule has 0 aromatic rings. The van der Waals surface area contributed by atoms with Gasteiger partial charge in [-0.15, -0.1) is 6.58 Å². The standard InChI is InChI=1S/C4H6O3/c1-2-3-4(5,6)7-3/h2-3,5-6H,1H2. The number of aliphatic hydroxyl groups is 2. The van der Waals surface area contributed by atoms with E-state index in [2.05, 4.69) is 11.3 Å². The molecule has 1 aliphatic heterocycles. The van der Waals surface area contributed by atoms with Crippen LogP contribution >= 0.6 is 0 Å². The van der Waals surface area contributed by atoms with Gasteiger partial charge in [0.15, 0.2) is 6.10 Å². The second kappa shape index (κ2) is 1.06. The van der Waals surface area contributed by atoms with Crippen LogP contribution < -0.4 is 0 Å². The molecule has 0 radical (unpaired) electrons. The maximum absolute atomic E-state index is 8.35. The van der Waals surface area contributed by atoms with Gasteiger partial charge in [-0.3, -0.25) is 0 Å². The highest BCUT2D eigenvalue weighted by molar-refractivity contribution is 4.96. The Morgan fingerprint density at radius 1 is 1.71 bits per heavy atom. The molecule has 7 heavy (non-hydrogen) atoms. The van der Waals surface area contributed by atoms with Gasteiger partial charge >= 0.3 is 5.97 Å². The predicted molar refractivity (Wildman–Crippen MR) is 22.2 cm³/mol. The fourth-order valence-electron chi connectivity index (χ4n) is 0.354. The largest absolute Gasteiger partial charge is 0.341 e.